The summed E-state index contributed by atoms with van der Waals surface area (Å²) in [5.74, 6) is 1.04. The molecule has 7 rings (SSSR count). The maximum Gasteiger partial charge on any atom is 0.227 e. The van der Waals surface area contributed by atoms with Gasteiger partial charge in [-0.25, -0.2) is 19.9 Å². The first-order valence-electron chi connectivity index (χ1n) is 14.4. The van der Waals surface area contributed by atoms with Crippen LogP contribution in [0.25, 0.3) is 33.1 Å². The van der Waals surface area contributed by atoms with E-state index < -0.39 is 0 Å². The van der Waals surface area contributed by atoms with E-state index in [-0.39, 0.29) is 0 Å². The number of piperazine rings is 1. The molecule has 10 heteroatoms. The minimum atomic E-state index is 0.406. The van der Waals surface area contributed by atoms with Crippen molar-refractivity contribution < 1.29 is 0 Å². The standard InChI is InChI=1S/C31H34ClN9/c1-39-13-15-40(16-14-39)22-9-11-23(12-10-22)41-18-25(28-29(33)35-19-36-30(28)41)20-5-7-21(8-6-20)37-31-34-17-24-26(32)3-2-4-27(24)38-31/h2-8,17-19,22-23H,9-16H2,1H3,(H2,33,35,36)(H,34,37,38)/t22-,23+. The third kappa shape index (κ3) is 5.09. The van der Waals surface area contributed by atoms with Crippen molar-refractivity contribution >= 4 is 51.0 Å². The Morgan fingerprint density at radius 2 is 1.66 bits per heavy atom. The molecule has 9 nitrogen and oxygen atoms in total. The second-order valence-corrected chi connectivity index (χ2v) is 11.7. The molecule has 41 heavy (non-hydrogen) atoms. The molecule has 1 saturated heterocycles. The van der Waals surface area contributed by atoms with Crippen LogP contribution in [0.4, 0.5) is 17.5 Å². The maximum absolute atomic E-state index is 6.44. The Bertz CT molecular complexity index is 1680. The van der Waals surface area contributed by atoms with Crippen LogP contribution in [0.15, 0.2) is 61.2 Å². The highest BCUT2D eigenvalue weighted by Gasteiger charge is 2.30. The normalized spacial score (nSPS) is 20.5. The molecule has 3 aromatic heterocycles. The second-order valence-electron chi connectivity index (χ2n) is 11.3. The number of halogens is 1. The topological polar surface area (TPSA) is 101 Å². The number of nitrogens with two attached hydrogens (primary N) is 1. The van der Waals surface area contributed by atoms with Gasteiger partial charge in [0, 0.05) is 67.3 Å². The van der Waals surface area contributed by atoms with Gasteiger partial charge < -0.3 is 20.5 Å². The van der Waals surface area contributed by atoms with Crippen LogP contribution in [0.2, 0.25) is 5.02 Å². The van der Waals surface area contributed by atoms with Gasteiger partial charge in [-0.2, -0.15) is 0 Å². The van der Waals surface area contributed by atoms with E-state index in [1.54, 1.807) is 12.5 Å². The lowest BCUT2D eigenvalue weighted by atomic mass is 9.89. The number of fused-ring (bicyclic) bond motifs is 2. The molecule has 3 N–H and O–H groups in total. The van der Waals surface area contributed by atoms with E-state index in [4.69, 9.17) is 22.3 Å². The summed E-state index contributed by atoms with van der Waals surface area (Å²) >= 11 is 6.27. The largest absolute Gasteiger partial charge is 0.383 e. The van der Waals surface area contributed by atoms with E-state index in [1.807, 2.05) is 30.3 Å². The summed E-state index contributed by atoms with van der Waals surface area (Å²) in [5, 5.41) is 5.70. The predicted octanol–water partition coefficient (Wildman–Crippen LogP) is 5.75. The lowest BCUT2D eigenvalue weighted by Crippen LogP contribution is -2.49. The molecule has 1 saturated carbocycles. The fraction of sp³-hybridized carbons (Fsp3) is 0.355. The Labute approximate surface area is 244 Å². The number of likely N-dealkylation sites (N-methyl/N-ethyl adjacent to an activating group) is 1. The number of benzene rings is 2. The summed E-state index contributed by atoms with van der Waals surface area (Å²) in [6.45, 7) is 4.69. The maximum atomic E-state index is 6.44. The third-order valence-corrected chi connectivity index (χ3v) is 9.11. The monoisotopic (exact) mass is 567 g/mol. The molecule has 2 fully saturated rings. The van der Waals surface area contributed by atoms with Gasteiger partial charge in [-0.05, 0) is 62.6 Å². The van der Waals surface area contributed by atoms with Crippen molar-refractivity contribution in [1.29, 1.82) is 0 Å². The molecule has 0 amide bonds. The van der Waals surface area contributed by atoms with Crippen molar-refractivity contribution in [1.82, 2.24) is 34.3 Å². The van der Waals surface area contributed by atoms with Gasteiger partial charge in [0.1, 0.15) is 17.8 Å². The molecule has 0 unspecified atom stereocenters. The summed E-state index contributed by atoms with van der Waals surface area (Å²) in [5.41, 5.74) is 11.2. The zero-order valence-corrected chi connectivity index (χ0v) is 23.9. The molecule has 2 aliphatic rings. The molecule has 0 spiro atoms. The second kappa shape index (κ2) is 10.9. The number of anilines is 3. The Balaban J connectivity index is 1.12. The van der Waals surface area contributed by atoms with Crippen LogP contribution in [0, 0.1) is 0 Å². The molecule has 1 aliphatic carbocycles. The van der Waals surface area contributed by atoms with E-state index in [0.717, 1.165) is 51.6 Å². The van der Waals surface area contributed by atoms with Crippen molar-refractivity contribution in [2.75, 3.05) is 44.3 Å². The van der Waals surface area contributed by atoms with E-state index in [1.165, 1.54) is 39.0 Å². The third-order valence-electron chi connectivity index (χ3n) is 8.78. The summed E-state index contributed by atoms with van der Waals surface area (Å²) in [7, 11) is 2.22. The molecule has 210 valence electrons. The molecule has 4 heterocycles. The van der Waals surface area contributed by atoms with E-state index in [2.05, 4.69) is 60.0 Å². The van der Waals surface area contributed by atoms with Crippen molar-refractivity contribution in [3.05, 3.63) is 66.2 Å². The molecule has 2 aromatic carbocycles. The molecule has 0 bridgehead atoms. The Morgan fingerprint density at radius 3 is 2.44 bits per heavy atom. The number of rotatable bonds is 5. The van der Waals surface area contributed by atoms with Crippen LogP contribution in [0.3, 0.4) is 0 Å². The Hall–Kier alpha value is -3.79. The SMILES string of the molecule is CN1CCN([C@H]2CC[C@@H](n3cc(-c4ccc(Nc5ncc6c(Cl)cccc6n5)cc4)c4c(N)ncnc43)CC2)CC1. The Morgan fingerprint density at radius 1 is 0.902 bits per heavy atom. The zero-order valence-electron chi connectivity index (χ0n) is 23.2. The van der Waals surface area contributed by atoms with E-state index >= 15 is 0 Å². The Kier molecular flexibility index (Phi) is 6.94. The van der Waals surface area contributed by atoms with Crippen LogP contribution in [-0.2, 0) is 0 Å². The predicted molar refractivity (Wildman–Crippen MR) is 166 cm³/mol. The zero-order chi connectivity index (χ0) is 27.9. The number of hydrogen-bond donors (Lipinski definition) is 2. The smallest absolute Gasteiger partial charge is 0.227 e. The minimum Gasteiger partial charge on any atom is -0.383 e. The van der Waals surface area contributed by atoms with Gasteiger partial charge in [0.05, 0.1) is 15.9 Å². The van der Waals surface area contributed by atoms with Crippen molar-refractivity contribution in [3.63, 3.8) is 0 Å². The average molecular weight is 568 g/mol. The van der Waals surface area contributed by atoms with Crippen molar-refractivity contribution in [3.8, 4) is 11.1 Å². The van der Waals surface area contributed by atoms with Gasteiger partial charge in [0.25, 0.3) is 0 Å². The summed E-state index contributed by atoms with van der Waals surface area (Å²) < 4.78 is 2.35. The molecule has 0 radical (unpaired) electrons. The summed E-state index contributed by atoms with van der Waals surface area (Å²) in [6.07, 6.45) is 10.3. The lowest BCUT2D eigenvalue weighted by Gasteiger charge is -2.41. The summed E-state index contributed by atoms with van der Waals surface area (Å²) in [6, 6.07) is 15.0. The number of nitrogen functional groups attached to an aromatic ring is 1. The van der Waals surface area contributed by atoms with Gasteiger partial charge in [-0.15, -0.1) is 0 Å². The van der Waals surface area contributed by atoms with Gasteiger partial charge in [-0.1, -0.05) is 29.8 Å². The van der Waals surface area contributed by atoms with E-state index in [0.29, 0.717) is 28.9 Å². The lowest BCUT2D eigenvalue weighted by molar-refractivity contribution is 0.0828. The molecule has 1 aliphatic heterocycles. The highest BCUT2D eigenvalue weighted by atomic mass is 35.5. The van der Waals surface area contributed by atoms with Crippen LogP contribution in [-0.4, -0.2) is 73.6 Å². The minimum absolute atomic E-state index is 0.406. The number of aromatic nitrogens is 5. The molecular formula is C31H34ClN9. The van der Waals surface area contributed by atoms with Crippen molar-refractivity contribution in [2.45, 2.75) is 37.8 Å². The van der Waals surface area contributed by atoms with Crippen LogP contribution in [0.1, 0.15) is 31.7 Å². The van der Waals surface area contributed by atoms with Gasteiger partial charge in [0.15, 0.2) is 0 Å². The summed E-state index contributed by atoms with van der Waals surface area (Å²) in [4.78, 5) is 23.2. The van der Waals surface area contributed by atoms with Crippen LogP contribution in [0.5, 0.6) is 0 Å². The molecule has 5 aromatic rings. The number of nitrogens with zero attached hydrogens (tertiary/aromatic N) is 7. The number of nitrogens with one attached hydrogen (secondary N) is 1. The molecule has 0 atom stereocenters. The first-order chi connectivity index (χ1) is 20.0. The van der Waals surface area contributed by atoms with Gasteiger partial charge >= 0.3 is 0 Å². The molecular weight excluding hydrogens is 534 g/mol. The van der Waals surface area contributed by atoms with Crippen LogP contribution >= 0.6 is 11.6 Å². The number of hydrogen-bond acceptors (Lipinski definition) is 8. The fourth-order valence-corrected chi connectivity index (χ4v) is 6.65. The first-order valence-corrected chi connectivity index (χ1v) is 14.7. The van der Waals surface area contributed by atoms with Crippen molar-refractivity contribution in [2.24, 2.45) is 0 Å². The average Bonchev–Trinajstić information content (AvgIpc) is 3.39. The highest BCUT2D eigenvalue weighted by Crippen LogP contribution is 2.39. The van der Waals surface area contributed by atoms with Gasteiger partial charge in [-0.3, -0.25) is 4.90 Å². The van der Waals surface area contributed by atoms with Crippen LogP contribution < -0.4 is 11.1 Å². The van der Waals surface area contributed by atoms with Gasteiger partial charge in [0.2, 0.25) is 5.95 Å². The quantitative estimate of drug-likeness (QED) is 0.277. The first kappa shape index (κ1) is 26.1. The van der Waals surface area contributed by atoms with E-state index in [9.17, 15) is 0 Å². The highest BCUT2D eigenvalue weighted by molar-refractivity contribution is 6.35. The fourth-order valence-electron chi connectivity index (χ4n) is 6.44.